The zero-order chi connectivity index (χ0) is 16.0. The summed E-state index contributed by atoms with van der Waals surface area (Å²) in [7, 11) is 4.05. The summed E-state index contributed by atoms with van der Waals surface area (Å²) in [6.07, 6.45) is 3.60. The van der Waals surface area contributed by atoms with Crippen molar-refractivity contribution in [1.29, 1.82) is 0 Å². The average molecular weight is 315 g/mol. The van der Waals surface area contributed by atoms with Crippen LogP contribution < -0.4 is 10.9 Å². The Kier molecular flexibility index (Phi) is 7.18. The highest BCUT2D eigenvalue weighted by molar-refractivity contribution is 6.32. The van der Waals surface area contributed by atoms with Gasteiger partial charge in [0.1, 0.15) is 5.02 Å². The van der Waals surface area contributed by atoms with Gasteiger partial charge in [-0.05, 0) is 26.4 Å². The Labute approximate surface area is 132 Å². The molecule has 0 aliphatic heterocycles. The molecule has 1 heterocycles. The minimum atomic E-state index is -0.220. The largest absolute Gasteiger partial charge is 0.378 e. The fraction of sp³-hybridized carbons (Fsp3) is 0.733. The lowest BCUT2D eigenvalue weighted by Gasteiger charge is -2.26. The van der Waals surface area contributed by atoms with Gasteiger partial charge in [0.2, 0.25) is 0 Å². The Morgan fingerprint density at radius 2 is 2.10 bits per heavy atom. The molecule has 0 bridgehead atoms. The number of hydrogen-bond acceptors (Lipinski definition) is 4. The highest BCUT2D eigenvalue weighted by atomic mass is 35.5. The lowest BCUT2D eigenvalue weighted by Crippen LogP contribution is -2.37. The summed E-state index contributed by atoms with van der Waals surface area (Å²) in [5, 5.41) is 7.79. The predicted octanol–water partition coefficient (Wildman–Crippen LogP) is 2.69. The molecule has 1 unspecified atom stereocenters. The van der Waals surface area contributed by atoms with E-state index in [1.807, 2.05) is 14.1 Å². The first-order valence-electron chi connectivity index (χ1n) is 7.53. The van der Waals surface area contributed by atoms with E-state index in [1.165, 1.54) is 4.68 Å². The maximum atomic E-state index is 12.2. The molecule has 0 saturated carbocycles. The molecule has 1 rings (SSSR count). The number of nitrogens with zero attached hydrogens (tertiary/aromatic N) is 3. The van der Waals surface area contributed by atoms with Crippen molar-refractivity contribution in [3.8, 4) is 0 Å². The van der Waals surface area contributed by atoms with E-state index in [4.69, 9.17) is 11.6 Å². The van der Waals surface area contributed by atoms with Crippen LogP contribution in [0.2, 0.25) is 5.02 Å². The number of aryl methyl sites for hydroxylation is 1. The molecular formula is C15H27ClN4O. The van der Waals surface area contributed by atoms with Crippen molar-refractivity contribution in [2.75, 3.05) is 26.0 Å². The average Bonchev–Trinajstić information content (AvgIpc) is 2.41. The molecule has 0 amide bonds. The first-order chi connectivity index (χ1) is 9.86. The zero-order valence-electron chi connectivity index (χ0n) is 13.7. The Morgan fingerprint density at radius 3 is 2.62 bits per heavy atom. The molecule has 21 heavy (non-hydrogen) atoms. The molecule has 1 aromatic heterocycles. The number of nitrogens with one attached hydrogen (secondary N) is 1. The minimum absolute atomic E-state index is 0.213. The van der Waals surface area contributed by atoms with E-state index in [0.717, 1.165) is 19.4 Å². The van der Waals surface area contributed by atoms with Gasteiger partial charge < -0.3 is 10.2 Å². The number of likely N-dealkylation sites (N-methyl/N-ethyl adjacent to an activating group) is 1. The van der Waals surface area contributed by atoms with Crippen LogP contribution in [0.5, 0.6) is 0 Å². The lowest BCUT2D eigenvalue weighted by molar-refractivity contribution is 0.344. The fourth-order valence-electron chi connectivity index (χ4n) is 2.05. The van der Waals surface area contributed by atoms with Crippen molar-refractivity contribution < 1.29 is 0 Å². The summed E-state index contributed by atoms with van der Waals surface area (Å²) < 4.78 is 1.44. The maximum Gasteiger partial charge on any atom is 0.287 e. The molecule has 0 aliphatic carbocycles. The molecule has 0 aromatic carbocycles. The summed E-state index contributed by atoms with van der Waals surface area (Å²) in [6.45, 7) is 7.85. The second-order valence-corrected chi connectivity index (χ2v) is 6.39. The van der Waals surface area contributed by atoms with Crippen LogP contribution in [0.15, 0.2) is 11.0 Å². The third-order valence-corrected chi connectivity index (χ3v) is 3.78. The van der Waals surface area contributed by atoms with Crippen LogP contribution in [0.1, 0.15) is 33.6 Å². The normalized spacial score (nSPS) is 13.0. The topological polar surface area (TPSA) is 50.2 Å². The van der Waals surface area contributed by atoms with Crippen molar-refractivity contribution in [3.05, 3.63) is 21.6 Å². The zero-order valence-corrected chi connectivity index (χ0v) is 14.4. The molecule has 5 nitrogen and oxygen atoms in total. The van der Waals surface area contributed by atoms with Crippen molar-refractivity contribution in [1.82, 2.24) is 14.7 Å². The molecule has 0 fully saturated rings. The van der Waals surface area contributed by atoms with Gasteiger partial charge in [-0.25, -0.2) is 4.68 Å². The van der Waals surface area contributed by atoms with Gasteiger partial charge in [-0.1, -0.05) is 38.8 Å². The van der Waals surface area contributed by atoms with Gasteiger partial charge in [0.25, 0.3) is 5.56 Å². The fourth-order valence-corrected chi connectivity index (χ4v) is 2.25. The Bertz CT molecular complexity index is 499. The summed E-state index contributed by atoms with van der Waals surface area (Å²) in [4.78, 5) is 14.3. The van der Waals surface area contributed by atoms with Gasteiger partial charge >= 0.3 is 0 Å². The summed E-state index contributed by atoms with van der Waals surface area (Å²) in [5.41, 5.74) is 0.400. The van der Waals surface area contributed by atoms with Crippen LogP contribution in [-0.2, 0) is 6.54 Å². The standard InChI is InChI=1S/C15H27ClN4O/c1-6-7-8-20-15(21)14(16)12(9-17-20)18-13(11(2)3)10-19(4)5/h9,11,13,18H,6-8,10H2,1-5H3. The van der Waals surface area contributed by atoms with Crippen LogP contribution in [0, 0.1) is 5.92 Å². The molecule has 1 aromatic rings. The van der Waals surface area contributed by atoms with E-state index in [1.54, 1.807) is 6.20 Å². The summed E-state index contributed by atoms with van der Waals surface area (Å²) in [5.74, 6) is 0.422. The molecule has 0 aliphatic rings. The Hall–Kier alpha value is -1.07. The monoisotopic (exact) mass is 314 g/mol. The van der Waals surface area contributed by atoms with E-state index < -0.39 is 0 Å². The molecule has 0 radical (unpaired) electrons. The Balaban J connectivity index is 2.93. The molecule has 0 saturated heterocycles. The van der Waals surface area contributed by atoms with Crippen molar-refractivity contribution >= 4 is 17.3 Å². The second kappa shape index (κ2) is 8.39. The molecule has 1 N–H and O–H groups in total. The number of rotatable bonds is 8. The van der Waals surface area contributed by atoms with Crippen LogP contribution in [0.3, 0.4) is 0 Å². The van der Waals surface area contributed by atoms with E-state index in [9.17, 15) is 4.79 Å². The van der Waals surface area contributed by atoms with Gasteiger partial charge in [0, 0.05) is 19.1 Å². The summed E-state index contributed by atoms with van der Waals surface area (Å²) >= 11 is 6.21. The van der Waals surface area contributed by atoms with Gasteiger partial charge in [0.05, 0.1) is 11.9 Å². The number of unbranched alkanes of at least 4 members (excludes halogenated alkanes) is 1. The highest BCUT2D eigenvalue weighted by Crippen LogP contribution is 2.19. The van der Waals surface area contributed by atoms with Crippen molar-refractivity contribution in [3.63, 3.8) is 0 Å². The number of aromatic nitrogens is 2. The van der Waals surface area contributed by atoms with Gasteiger partial charge in [-0.15, -0.1) is 0 Å². The minimum Gasteiger partial charge on any atom is -0.378 e. The van der Waals surface area contributed by atoms with Crippen molar-refractivity contribution in [2.24, 2.45) is 5.92 Å². The molecule has 120 valence electrons. The third-order valence-electron chi connectivity index (χ3n) is 3.42. The van der Waals surface area contributed by atoms with Crippen LogP contribution in [0.4, 0.5) is 5.69 Å². The molecule has 0 spiro atoms. The van der Waals surface area contributed by atoms with Crippen molar-refractivity contribution in [2.45, 2.75) is 46.2 Å². The van der Waals surface area contributed by atoms with Crippen LogP contribution in [-0.4, -0.2) is 41.4 Å². The third kappa shape index (κ3) is 5.32. The lowest BCUT2D eigenvalue weighted by atomic mass is 10.0. The quantitative estimate of drug-likeness (QED) is 0.801. The second-order valence-electron chi connectivity index (χ2n) is 6.01. The van der Waals surface area contributed by atoms with Crippen LogP contribution >= 0.6 is 11.6 Å². The summed E-state index contributed by atoms with van der Waals surface area (Å²) in [6, 6.07) is 0.213. The van der Waals surface area contributed by atoms with E-state index >= 15 is 0 Å². The molecule has 1 atom stereocenters. The molecular weight excluding hydrogens is 288 g/mol. The van der Waals surface area contributed by atoms with E-state index in [0.29, 0.717) is 18.2 Å². The predicted molar refractivity (Wildman–Crippen MR) is 89.2 cm³/mol. The van der Waals surface area contributed by atoms with Gasteiger partial charge in [-0.3, -0.25) is 4.79 Å². The first kappa shape index (κ1) is 18.0. The Morgan fingerprint density at radius 1 is 1.43 bits per heavy atom. The van der Waals surface area contributed by atoms with E-state index in [-0.39, 0.29) is 16.6 Å². The number of anilines is 1. The van der Waals surface area contributed by atoms with Crippen LogP contribution in [0.25, 0.3) is 0 Å². The van der Waals surface area contributed by atoms with Gasteiger partial charge in [0.15, 0.2) is 0 Å². The number of hydrogen-bond donors (Lipinski definition) is 1. The number of halogens is 1. The first-order valence-corrected chi connectivity index (χ1v) is 7.91. The maximum absolute atomic E-state index is 12.2. The molecule has 6 heteroatoms. The SMILES string of the molecule is CCCCn1ncc(NC(CN(C)C)C(C)C)c(Cl)c1=O. The smallest absolute Gasteiger partial charge is 0.287 e. The van der Waals surface area contributed by atoms with Gasteiger partial charge in [-0.2, -0.15) is 5.10 Å². The highest BCUT2D eigenvalue weighted by Gasteiger charge is 2.17. The van der Waals surface area contributed by atoms with E-state index in [2.05, 4.69) is 36.1 Å².